The van der Waals surface area contributed by atoms with Gasteiger partial charge in [-0.05, 0) is 24.8 Å². The average Bonchev–Trinajstić information content (AvgIpc) is 2.34. The molecule has 3 heteroatoms. The lowest BCUT2D eigenvalue weighted by Gasteiger charge is -2.16. The Balaban J connectivity index is 0.00000289. The number of hydrogen-bond acceptors (Lipinski definition) is 1. The van der Waals surface area contributed by atoms with Crippen molar-refractivity contribution in [3.8, 4) is 0 Å². The van der Waals surface area contributed by atoms with Gasteiger partial charge in [0.2, 0.25) is 0 Å². The van der Waals surface area contributed by atoms with Crippen LogP contribution in [0, 0.1) is 5.92 Å². The summed E-state index contributed by atoms with van der Waals surface area (Å²) in [5.74, 6) is 2.10. The van der Waals surface area contributed by atoms with E-state index in [1.165, 1.54) is 31.5 Å². The summed E-state index contributed by atoms with van der Waals surface area (Å²) in [5.41, 5.74) is 0. The van der Waals surface area contributed by atoms with Gasteiger partial charge in [0, 0.05) is 6.07 Å². The van der Waals surface area contributed by atoms with Crippen molar-refractivity contribution in [3.63, 3.8) is 0 Å². The van der Waals surface area contributed by atoms with Gasteiger partial charge in [-0.1, -0.05) is 32.8 Å². The highest BCUT2D eigenvalue weighted by molar-refractivity contribution is 5.29. The van der Waals surface area contributed by atoms with E-state index in [1.54, 1.807) is 0 Å². The first-order valence-electron chi connectivity index (χ1n) is 6.84. The van der Waals surface area contributed by atoms with E-state index in [0.29, 0.717) is 0 Å². The minimum atomic E-state index is 0. The summed E-state index contributed by atoms with van der Waals surface area (Å²) in [5, 5.41) is 0. The quantitative estimate of drug-likeness (QED) is 0.645. The molecular formula is C15H27ClN2. The number of rotatable bonds is 7. The fraction of sp³-hybridized carbons (Fsp3) is 0.667. The predicted octanol–water partition coefficient (Wildman–Crippen LogP) is 0.261. The monoisotopic (exact) mass is 270 g/mol. The van der Waals surface area contributed by atoms with E-state index < -0.39 is 0 Å². The van der Waals surface area contributed by atoms with Gasteiger partial charge in [0.1, 0.15) is 0 Å². The Hall–Kier alpha value is -0.760. The third kappa shape index (κ3) is 5.26. The molecule has 0 aromatic carbocycles. The van der Waals surface area contributed by atoms with Gasteiger partial charge in [0.05, 0.1) is 26.8 Å². The van der Waals surface area contributed by atoms with Gasteiger partial charge >= 0.3 is 0 Å². The van der Waals surface area contributed by atoms with E-state index in [0.717, 1.165) is 12.5 Å². The van der Waals surface area contributed by atoms with Gasteiger partial charge in [0.15, 0.2) is 0 Å². The van der Waals surface area contributed by atoms with Crippen LogP contribution >= 0.6 is 0 Å². The Labute approximate surface area is 118 Å². The van der Waals surface area contributed by atoms with Gasteiger partial charge in [-0.15, -0.1) is 0 Å². The van der Waals surface area contributed by atoms with E-state index in [4.69, 9.17) is 0 Å². The van der Waals surface area contributed by atoms with Gasteiger partial charge in [0.25, 0.3) is 5.82 Å². The van der Waals surface area contributed by atoms with Crippen molar-refractivity contribution < 1.29 is 17.0 Å². The van der Waals surface area contributed by atoms with Crippen LogP contribution in [0.1, 0.15) is 39.5 Å². The zero-order chi connectivity index (χ0) is 12.7. The van der Waals surface area contributed by atoms with Crippen molar-refractivity contribution >= 4 is 5.82 Å². The molecular weight excluding hydrogens is 244 g/mol. The summed E-state index contributed by atoms with van der Waals surface area (Å²) < 4.78 is 2.38. The molecule has 1 aromatic rings. The third-order valence-electron chi connectivity index (χ3n) is 3.37. The molecule has 1 rings (SSSR count). The summed E-state index contributed by atoms with van der Waals surface area (Å²) in [6.45, 7) is 5.72. The van der Waals surface area contributed by atoms with Gasteiger partial charge in [-0.25, -0.2) is 4.57 Å². The molecule has 1 atom stereocenters. The maximum atomic E-state index is 2.38. The molecule has 1 heterocycles. The summed E-state index contributed by atoms with van der Waals surface area (Å²) in [6, 6.07) is 6.42. The molecule has 0 bridgehead atoms. The Morgan fingerprint density at radius 3 is 2.50 bits per heavy atom. The second kappa shape index (κ2) is 9.21. The molecule has 0 fully saturated rings. The molecule has 0 aliphatic carbocycles. The Bertz CT molecular complexity index is 326. The van der Waals surface area contributed by atoms with Gasteiger partial charge in [-0.3, -0.25) is 4.90 Å². The zero-order valence-corrected chi connectivity index (χ0v) is 13.0. The van der Waals surface area contributed by atoms with Crippen LogP contribution in [0.3, 0.4) is 0 Å². The summed E-state index contributed by atoms with van der Waals surface area (Å²) >= 11 is 0. The van der Waals surface area contributed by atoms with Crippen molar-refractivity contribution in [1.82, 2.24) is 0 Å². The number of pyridine rings is 1. The van der Waals surface area contributed by atoms with Gasteiger partial charge in [-0.2, -0.15) is 0 Å². The molecule has 0 spiro atoms. The van der Waals surface area contributed by atoms with Gasteiger partial charge < -0.3 is 12.4 Å². The number of nitrogens with zero attached hydrogens (tertiary/aromatic N) is 2. The summed E-state index contributed by atoms with van der Waals surface area (Å²) in [4.78, 5) is 2.19. The number of aromatic nitrogens is 1. The number of halogens is 1. The van der Waals surface area contributed by atoms with Crippen LogP contribution in [0.4, 0.5) is 5.82 Å². The van der Waals surface area contributed by atoms with Crippen LogP contribution in [-0.2, 0) is 6.54 Å². The molecule has 0 amide bonds. The normalized spacial score (nSPS) is 11.8. The molecule has 0 aliphatic heterocycles. The van der Waals surface area contributed by atoms with E-state index >= 15 is 0 Å². The minimum absolute atomic E-state index is 0. The van der Waals surface area contributed by atoms with E-state index in [1.807, 2.05) is 0 Å². The van der Waals surface area contributed by atoms with Crippen LogP contribution in [0.25, 0.3) is 0 Å². The van der Waals surface area contributed by atoms with Crippen molar-refractivity contribution in [1.29, 1.82) is 0 Å². The molecule has 104 valence electrons. The topological polar surface area (TPSA) is 7.12 Å². The maximum absolute atomic E-state index is 2.38. The first kappa shape index (κ1) is 17.2. The lowest BCUT2D eigenvalue weighted by molar-refractivity contribution is -0.691. The van der Waals surface area contributed by atoms with Crippen LogP contribution in [0.2, 0.25) is 0 Å². The zero-order valence-electron chi connectivity index (χ0n) is 12.2. The summed E-state index contributed by atoms with van der Waals surface area (Å²) in [6.07, 6.45) is 7.47. The van der Waals surface area contributed by atoms with Crippen LogP contribution in [-0.4, -0.2) is 14.1 Å². The van der Waals surface area contributed by atoms with E-state index in [9.17, 15) is 0 Å². The van der Waals surface area contributed by atoms with Crippen LogP contribution < -0.4 is 21.9 Å². The number of anilines is 1. The third-order valence-corrected chi connectivity index (χ3v) is 3.37. The fourth-order valence-corrected chi connectivity index (χ4v) is 2.22. The summed E-state index contributed by atoms with van der Waals surface area (Å²) in [7, 11) is 4.22. The second-order valence-corrected chi connectivity index (χ2v) is 5.02. The molecule has 1 unspecified atom stereocenters. The van der Waals surface area contributed by atoms with Crippen LogP contribution in [0.5, 0.6) is 0 Å². The standard InChI is InChI=1S/C15H27N2.ClH/c1-5-7-10-14(6-2)13-17-12-9-8-11-15(17)16(3)4;/h8-9,11-12,14H,5-7,10,13H2,1-4H3;1H/q+1;/p-1. The fourth-order valence-electron chi connectivity index (χ4n) is 2.22. The smallest absolute Gasteiger partial charge is 0.276 e. The van der Waals surface area contributed by atoms with E-state index in [2.05, 4.69) is 61.8 Å². The molecule has 0 aliphatic rings. The second-order valence-electron chi connectivity index (χ2n) is 5.02. The highest BCUT2D eigenvalue weighted by Crippen LogP contribution is 2.14. The van der Waals surface area contributed by atoms with Crippen LogP contribution in [0.15, 0.2) is 24.4 Å². The molecule has 0 saturated carbocycles. The van der Waals surface area contributed by atoms with Crippen molar-refractivity contribution in [2.75, 3.05) is 19.0 Å². The maximum Gasteiger partial charge on any atom is 0.276 e. The molecule has 0 saturated heterocycles. The number of hydrogen-bond donors (Lipinski definition) is 0. The van der Waals surface area contributed by atoms with Crippen molar-refractivity contribution in [3.05, 3.63) is 24.4 Å². The van der Waals surface area contributed by atoms with Crippen molar-refractivity contribution in [2.45, 2.75) is 46.1 Å². The average molecular weight is 271 g/mol. The largest absolute Gasteiger partial charge is 1.00 e. The Morgan fingerprint density at radius 1 is 1.22 bits per heavy atom. The molecule has 18 heavy (non-hydrogen) atoms. The molecule has 0 N–H and O–H groups in total. The lowest BCUT2D eigenvalue weighted by atomic mass is 9.99. The first-order valence-corrected chi connectivity index (χ1v) is 6.84. The predicted molar refractivity (Wildman–Crippen MR) is 74.3 cm³/mol. The Kier molecular flexibility index (Phi) is 8.82. The molecule has 0 radical (unpaired) electrons. The lowest BCUT2D eigenvalue weighted by Crippen LogP contribution is -3.00. The number of unbranched alkanes of at least 4 members (excludes halogenated alkanes) is 1. The van der Waals surface area contributed by atoms with Crippen molar-refractivity contribution in [2.24, 2.45) is 5.92 Å². The minimum Gasteiger partial charge on any atom is -1.00 e. The SMILES string of the molecule is CCCCC(CC)C[n+]1ccccc1N(C)C.[Cl-]. The Morgan fingerprint density at radius 2 is 1.94 bits per heavy atom. The van der Waals surface area contributed by atoms with E-state index in [-0.39, 0.29) is 12.4 Å². The highest BCUT2D eigenvalue weighted by Gasteiger charge is 2.14. The molecule has 2 nitrogen and oxygen atoms in total. The first-order chi connectivity index (χ1) is 8.19. The highest BCUT2D eigenvalue weighted by atomic mass is 35.5. The molecule has 1 aromatic heterocycles.